The fraction of sp³-hybridized carbons (Fsp3) is 0.154. The zero-order chi connectivity index (χ0) is 14.9. The first-order valence-corrected chi connectivity index (χ1v) is 6.39. The average Bonchev–Trinajstić information content (AvgIpc) is 2.69. The number of aromatic carboxylic acids is 1. The Balaban J connectivity index is 2.17. The molecular weight excluding hydrogens is 336 g/mol. The van der Waals surface area contributed by atoms with Gasteiger partial charge in [-0.15, -0.1) is 0 Å². The van der Waals surface area contributed by atoms with Gasteiger partial charge in [-0.1, -0.05) is 15.9 Å². The van der Waals surface area contributed by atoms with E-state index in [1.165, 1.54) is 13.0 Å². The second-order valence-corrected chi connectivity index (χ2v) is 5.00. The smallest absolute Gasteiger partial charge is 0.339 e. The minimum absolute atomic E-state index is 0.0242. The zero-order valence-corrected chi connectivity index (χ0v) is 11.9. The van der Waals surface area contributed by atoms with E-state index >= 15 is 0 Å². The van der Waals surface area contributed by atoms with Gasteiger partial charge in [-0.2, -0.15) is 0 Å². The summed E-state index contributed by atoms with van der Waals surface area (Å²) >= 11 is 2.98. The molecule has 0 spiro atoms. The molecule has 0 aliphatic rings. The van der Waals surface area contributed by atoms with Crippen molar-refractivity contribution in [2.24, 2.45) is 0 Å². The van der Waals surface area contributed by atoms with Crippen molar-refractivity contribution in [2.45, 2.75) is 13.5 Å². The Morgan fingerprint density at radius 1 is 1.35 bits per heavy atom. The van der Waals surface area contributed by atoms with Gasteiger partial charge in [-0.25, -0.2) is 13.6 Å². The van der Waals surface area contributed by atoms with Gasteiger partial charge in [0.25, 0.3) is 0 Å². The number of halogens is 3. The third kappa shape index (κ3) is 2.98. The van der Waals surface area contributed by atoms with E-state index < -0.39 is 17.6 Å². The summed E-state index contributed by atoms with van der Waals surface area (Å²) in [7, 11) is 0. The number of carboxylic acid groups (broad SMARTS) is 1. The summed E-state index contributed by atoms with van der Waals surface area (Å²) in [4.78, 5) is 10.8. The standard InChI is InChI=1S/C13H10BrF2NO3/c1-6-9(13(18)19)4-8(20-6)5-17-12-10(15)2-7(14)3-11(12)16/h2-4,17H,5H2,1H3,(H,18,19). The topological polar surface area (TPSA) is 62.5 Å². The molecule has 0 unspecified atom stereocenters. The molecule has 0 aliphatic heterocycles. The van der Waals surface area contributed by atoms with Crippen molar-refractivity contribution in [3.63, 3.8) is 0 Å². The molecule has 0 radical (unpaired) electrons. The number of furan rings is 1. The van der Waals surface area contributed by atoms with E-state index in [9.17, 15) is 13.6 Å². The highest BCUT2D eigenvalue weighted by atomic mass is 79.9. The third-order valence-corrected chi connectivity index (χ3v) is 3.10. The fourth-order valence-electron chi connectivity index (χ4n) is 1.73. The summed E-state index contributed by atoms with van der Waals surface area (Å²) in [6.45, 7) is 1.48. The highest BCUT2D eigenvalue weighted by Crippen LogP contribution is 2.25. The summed E-state index contributed by atoms with van der Waals surface area (Å²) < 4.78 is 32.6. The molecule has 2 N–H and O–H groups in total. The second kappa shape index (κ2) is 5.62. The van der Waals surface area contributed by atoms with Crippen LogP contribution >= 0.6 is 15.9 Å². The van der Waals surface area contributed by atoms with E-state index in [1.54, 1.807) is 0 Å². The predicted molar refractivity (Wildman–Crippen MR) is 71.8 cm³/mol. The molecule has 4 nitrogen and oxygen atoms in total. The monoisotopic (exact) mass is 345 g/mol. The Labute approximate surface area is 121 Å². The molecule has 1 aromatic heterocycles. The van der Waals surface area contributed by atoms with Gasteiger partial charge in [0.15, 0.2) is 0 Å². The summed E-state index contributed by atoms with van der Waals surface area (Å²) in [6.07, 6.45) is 0. The second-order valence-electron chi connectivity index (χ2n) is 4.09. The molecule has 20 heavy (non-hydrogen) atoms. The zero-order valence-electron chi connectivity index (χ0n) is 10.3. The van der Waals surface area contributed by atoms with Gasteiger partial charge in [0.1, 0.15) is 34.4 Å². The van der Waals surface area contributed by atoms with Gasteiger partial charge in [-0.3, -0.25) is 0 Å². The Bertz CT molecular complexity index is 647. The number of benzene rings is 1. The minimum atomic E-state index is -1.11. The maximum atomic E-state index is 13.6. The first-order chi connectivity index (χ1) is 9.38. The summed E-state index contributed by atoms with van der Waals surface area (Å²) in [5.74, 6) is -2.09. The molecule has 0 atom stereocenters. The number of nitrogens with one attached hydrogen (secondary N) is 1. The highest BCUT2D eigenvalue weighted by molar-refractivity contribution is 9.10. The van der Waals surface area contributed by atoms with Crippen molar-refractivity contribution in [2.75, 3.05) is 5.32 Å². The SMILES string of the molecule is Cc1oc(CNc2c(F)cc(Br)cc2F)cc1C(=O)O. The van der Waals surface area contributed by atoms with Gasteiger partial charge in [-0.05, 0) is 25.1 Å². The number of hydrogen-bond donors (Lipinski definition) is 2. The molecule has 106 valence electrons. The van der Waals surface area contributed by atoms with E-state index in [4.69, 9.17) is 9.52 Å². The van der Waals surface area contributed by atoms with Crippen LogP contribution in [0.2, 0.25) is 0 Å². The molecular formula is C13H10BrF2NO3. The predicted octanol–water partition coefficient (Wildman–Crippen LogP) is 3.94. The first-order valence-electron chi connectivity index (χ1n) is 5.59. The highest BCUT2D eigenvalue weighted by Gasteiger charge is 2.15. The van der Waals surface area contributed by atoms with Crippen LogP contribution in [0.5, 0.6) is 0 Å². The molecule has 1 heterocycles. The van der Waals surface area contributed by atoms with Gasteiger partial charge in [0.2, 0.25) is 0 Å². The molecule has 0 amide bonds. The molecule has 2 aromatic rings. The van der Waals surface area contributed by atoms with Gasteiger partial charge in [0, 0.05) is 4.47 Å². The Morgan fingerprint density at radius 3 is 2.45 bits per heavy atom. The summed E-state index contributed by atoms with van der Waals surface area (Å²) in [6, 6.07) is 3.57. The largest absolute Gasteiger partial charge is 0.478 e. The van der Waals surface area contributed by atoms with Crippen molar-refractivity contribution in [3.8, 4) is 0 Å². The van der Waals surface area contributed by atoms with Crippen molar-refractivity contribution in [1.82, 2.24) is 0 Å². The van der Waals surface area contributed by atoms with Crippen molar-refractivity contribution >= 4 is 27.6 Å². The van der Waals surface area contributed by atoms with Crippen LogP contribution in [-0.2, 0) is 6.54 Å². The van der Waals surface area contributed by atoms with Crippen LogP contribution in [0.25, 0.3) is 0 Å². The van der Waals surface area contributed by atoms with Crippen LogP contribution in [-0.4, -0.2) is 11.1 Å². The number of hydrogen-bond acceptors (Lipinski definition) is 3. The van der Waals surface area contributed by atoms with E-state index in [0.717, 1.165) is 12.1 Å². The van der Waals surface area contributed by atoms with E-state index in [2.05, 4.69) is 21.2 Å². The molecule has 0 fully saturated rings. The quantitative estimate of drug-likeness (QED) is 0.880. The van der Waals surface area contributed by atoms with Crippen molar-refractivity contribution in [1.29, 1.82) is 0 Å². The van der Waals surface area contributed by atoms with Crippen LogP contribution in [0.15, 0.2) is 27.1 Å². The lowest BCUT2D eigenvalue weighted by atomic mass is 10.2. The van der Waals surface area contributed by atoms with Gasteiger partial charge < -0.3 is 14.8 Å². The summed E-state index contributed by atoms with van der Waals surface area (Å²) in [5.41, 5.74) is -0.266. The molecule has 1 aromatic carbocycles. The maximum absolute atomic E-state index is 13.6. The fourth-order valence-corrected chi connectivity index (χ4v) is 2.13. The number of carboxylic acids is 1. The number of carbonyl (C=O) groups is 1. The van der Waals surface area contributed by atoms with E-state index in [-0.39, 0.29) is 29.3 Å². The van der Waals surface area contributed by atoms with Crippen LogP contribution in [0, 0.1) is 18.6 Å². The molecule has 0 aliphatic carbocycles. The van der Waals surface area contributed by atoms with Crippen LogP contribution < -0.4 is 5.32 Å². The van der Waals surface area contributed by atoms with Crippen LogP contribution in [0.1, 0.15) is 21.9 Å². The Morgan fingerprint density at radius 2 is 1.95 bits per heavy atom. The van der Waals surface area contributed by atoms with E-state index in [1.807, 2.05) is 0 Å². The minimum Gasteiger partial charge on any atom is -0.478 e. The maximum Gasteiger partial charge on any atom is 0.339 e. The lowest BCUT2D eigenvalue weighted by Crippen LogP contribution is -2.03. The molecule has 0 bridgehead atoms. The van der Waals surface area contributed by atoms with Gasteiger partial charge >= 0.3 is 5.97 Å². The first kappa shape index (κ1) is 14.5. The average molecular weight is 346 g/mol. The van der Waals surface area contributed by atoms with E-state index in [0.29, 0.717) is 4.47 Å². The van der Waals surface area contributed by atoms with Crippen LogP contribution in [0.4, 0.5) is 14.5 Å². The Kier molecular flexibility index (Phi) is 4.08. The number of anilines is 1. The molecule has 7 heteroatoms. The number of aryl methyl sites for hydroxylation is 1. The van der Waals surface area contributed by atoms with Crippen LogP contribution in [0.3, 0.4) is 0 Å². The summed E-state index contributed by atoms with van der Waals surface area (Å²) in [5, 5.41) is 11.4. The molecule has 2 rings (SSSR count). The number of rotatable bonds is 4. The molecule has 0 saturated carbocycles. The third-order valence-electron chi connectivity index (χ3n) is 2.65. The van der Waals surface area contributed by atoms with Crippen molar-refractivity contribution < 1.29 is 23.1 Å². The van der Waals surface area contributed by atoms with Gasteiger partial charge in [0.05, 0.1) is 6.54 Å². The lowest BCUT2D eigenvalue weighted by Gasteiger charge is -2.07. The molecule has 0 saturated heterocycles. The normalized spacial score (nSPS) is 10.6. The Hall–Kier alpha value is -1.89. The lowest BCUT2D eigenvalue weighted by molar-refractivity contribution is 0.0695. The van der Waals surface area contributed by atoms with Crippen molar-refractivity contribution in [3.05, 3.63) is 51.4 Å².